The summed E-state index contributed by atoms with van der Waals surface area (Å²) in [5.74, 6) is -4.73. The zero-order valence-corrected chi connectivity index (χ0v) is 22.5. The van der Waals surface area contributed by atoms with Crippen LogP contribution in [0.4, 0.5) is 0 Å². The molecule has 19 nitrogen and oxygen atoms in total. The van der Waals surface area contributed by atoms with Gasteiger partial charge in [0.05, 0.1) is 48.4 Å². The molecule has 0 aromatic carbocycles. The summed E-state index contributed by atoms with van der Waals surface area (Å²) in [6.45, 7) is -1.28. The van der Waals surface area contributed by atoms with Crippen molar-refractivity contribution in [2.45, 2.75) is 98.5 Å². The molecule has 0 aromatic heterocycles. The van der Waals surface area contributed by atoms with Gasteiger partial charge in [-0.2, -0.15) is 0 Å². The van der Waals surface area contributed by atoms with E-state index in [0.717, 1.165) is 0 Å². The van der Waals surface area contributed by atoms with Crippen LogP contribution in [0.15, 0.2) is 0 Å². The normalized spacial score (nSPS) is 47.8. The molecule has 242 valence electrons. The van der Waals surface area contributed by atoms with Gasteiger partial charge in [0.15, 0.2) is 12.6 Å². The van der Waals surface area contributed by atoms with Crippen molar-refractivity contribution in [3.8, 4) is 0 Å². The molecule has 0 spiro atoms. The van der Waals surface area contributed by atoms with Crippen molar-refractivity contribution in [3.05, 3.63) is 0 Å². The van der Waals surface area contributed by atoms with E-state index in [-0.39, 0.29) is 6.61 Å². The summed E-state index contributed by atoms with van der Waals surface area (Å²) in [6.07, 6.45) is -24.5. The van der Waals surface area contributed by atoms with Gasteiger partial charge >= 0.3 is 0 Å². The minimum Gasteiger partial charge on any atom is -0.748 e. The molecule has 3 heterocycles. The van der Waals surface area contributed by atoms with Crippen LogP contribution in [0, 0.1) is 0 Å². The first kappa shape index (κ1) is 34.8. The maximum Gasteiger partial charge on any atom is 0.211 e. The van der Waals surface area contributed by atoms with Crippen LogP contribution in [0.2, 0.25) is 0 Å². The van der Waals surface area contributed by atoms with Crippen LogP contribution < -0.4 is 0 Å². The van der Waals surface area contributed by atoms with Gasteiger partial charge in [0.25, 0.3) is 0 Å². The Labute approximate surface area is 233 Å². The van der Waals surface area contributed by atoms with Gasteiger partial charge in [-0.1, -0.05) is 0 Å². The van der Waals surface area contributed by atoms with E-state index < -0.39 is 127 Å². The van der Waals surface area contributed by atoms with Crippen molar-refractivity contribution in [2.24, 2.45) is 0 Å². The molecule has 15 atom stereocenters. The molecule has 20 heteroatoms. The summed E-state index contributed by atoms with van der Waals surface area (Å²) in [5.41, 5.74) is 0. The molecule has 10 N–H and O–H groups in total. The van der Waals surface area contributed by atoms with Crippen molar-refractivity contribution in [1.29, 1.82) is 0 Å². The number of hydrogen-bond donors (Lipinski definition) is 10. The zero-order valence-electron chi connectivity index (χ0n) is 21.7. The minimum atomic E-state index is -5.34. The van der Waals surface area contributed by atoms with E-state index in [9.17, 15) is 64.0 Å². The van der Waals surface area contributed by atoms with Gasteiger partial charge in [-0.05, 0) is 6.92 Å². The Morgan fingerprint density at radius 3 is 1.83 bits per heavy atom. The lowest BCUT2D eigenvalue weighted by molar-refractivity contribution is -0.398. The summed E-state index contributed by atoms with van der Waals surface area (Å²) in [7, 11) is -5.34. The van der Waals surface area contributed by atoms with Crippen molar-refractivity contribution in [1.82, 2.24) is 0 Å². The zero-order chi connectivity index (χ0) is 30.9. The minimum absolute atomic E-state index is 0.357. The lowest BCUT2D eigenvalue weighted by Gasteiger charge is -2.51. The van der Waals surface area contributed by atoms with Crippen LogP contribution in [0.5, 0.6) is 0 Å². The van der Waals surface area contributed by atoms with Crippen LogP contribution >= 0.6 is 0 Å². The molecule has 3 fully saturated rings. The highest BCUT2D eigenvalue weighted by Gasteiger charge is 2.59. The maximum atomic E-state index is 11.7. The molecular formula is C21H37O19S-. The molecule has 0 aliphatic carbocycles. The van der Waals surface area contributed by atoms with E-state index >= 15 is 0 Å². The Bertz CT molecular complexity index is 938. The Kier molecular flexibility index (Phi) is 11.8. The fourth-order valence-electron chi connectivity index (χ4n) is 4.75. The summed E-state index contributed by atoms with van der Waals surface area (Å²) < 4.78 is 67.0. The van der Waals surface area contributed by atoms with Crippen LogP contribution in [-0.2, 0) is 38.5 Å². The molecular weight excluding hydrogens is 588 g/mol. The number of aliphatic hydroxyl groups is 10. The van der Waals surface area contributed by atoms with Gasteiger partial charge in [-0.25, -0.2) is 8.42 Å². The monoisotopic (exact) mass is 625 g/mol. The summed E-state index contributed by atoms with van der Waals surface area (Å²) in [5, 5.41) is 101. The van der Waals surface area contributed by atoms with E-state index in [1.807, 2.05) is 0 Å². The Morgan fingerprint density at radius 1 is 0.732 bits per heavy atom. The average Bonchev–Trinajstić information content (AvgIpc) is 2.91. The Morgan fingerprint density at radius 2 is 1.29 bits per heavy atom. The van der Waals surface area contributed by atoms with Gasteiger partial charge in [0.1, 0.15) is 67.1 Å². The molecule has 0 unspecified atom stereocenters. The van der Waals surface area contributed by atoms with Crippen LogP contribution in [-0.4, -0.2) is 188 Å². The third-order valence-electron chi connectivity index (χ3n) is 7.03. The fourth-order valence-corrected chi connectivity index (χ4v) is 5.54. The Balaban J connectivity index is 1.74. The van der Waals surface area contributed by atoms with E-state index in [0.29, 0.717) is 0 Å². The standard InChI is InChI=1S/C21H38O19S/c1-7-10(24)13(27)15(29)19(37-7)35-2-3-36-20-16(30)17(12(26)8(4-22)38-20)40-21(6-41(32,33)34)18(31)14(28)11(25)9(5-23)39-21/h7-20,22-31H,2-6H2,1H3,(H,32,33,34)/p-1/t7-,8+,9+,10+,11+,12-,13+,14-,15-,16+,17-,18+,19+,20+,21+/m0/s1. The third-order valence-corrected chi connectivity index (χ3v) is 7.78. The lowest BCUT2D eigenvalue weighted by Crippen LogP contribution is -2.71. The summed E-state index contributed by atoms with van der Waals surface area (Å²) >= 11 is 0. The molecule has 3 saturated heterocycles. The van der Waals surface area contributed by atoms with E-state index in [1.54, 1.807) is 0 Å². The van der Waals surface area contributed by atoms with Crippen LogP contribution in [0.3, 0.4) is 0 Å². The van der Waals surface area contributed by atoms with Gasteiger partial charge in [-0.15, -0.1) is 0 Å². The predicted octanol–water partition coefficient (Wildman–Crippen LogP) is -7.61. The van der Waals surface area contributed by atoms with Gasteiger partial charge in [-0.3, -0.25) is 0 Å². The summed E-state index contributed by atoms with van der Waals surface area (Å²) in [6, 6.07) is 0. The smallest absolute Gasteiger partial charge is 0.211 e. The second-order valence-electron chi connectivity index (χ2n) is 9.99. The third kappa shape index (κ3) is 7.68. The quantitative estimate of drug-likeness (QED) is 0.0752. The molecule has 0 aromatic rings. The number of ether oxygens (including phenoxy) is 6. The molecule has 0 saturated carbocycles. The second-order valence-corrected chi connectivity index (χ2v) is 11.4. The maximum absolute atomic E-state index is 11.7. The van der Waals surface area contributed by atoms with Crippen molar-refractivity contribution >= 4 is 10.1 Å². The first-order valence-electron chi connectivity index (χ1n) is 12.6. The van der Waals surface area contributed by atoms with Crippen LogP contribution in [0.25, 0.3) is 0 Å². The van der Waals surface area contributed by atoms with Crippen molar-refractivity contribution < 1.29 is 92.5 Å². The lowest BCUT2D eigenvalue weighted by atomic mass is 9.92. The highest BCUT2D eigenvalue weighted by atomic mass is 32.2. The SMILES string of the molecule is C[C@@H]1O[C@@H](OCCO[C@@H]2O[C@H](CO)[C@H](O)[C@H](O[C@@]3(CS(=O)(=O)[O-])O[C@H](CO)[C@@H](O)[C@H](O)[C@H]3O)[C@H]2O)[C@@H](O)[C@H](O)[C@@H]1O. The number of aliphatic hydroxyl groups excluding tert-OH is 10. The first-order chi connectivity index (χ1) is 19.1. The predicted molar refractivity (Wildman–Crippen MR) is 124 cm³/mol. The molecule has 3 aliphatic rings. The molecule has 41 heavy (non-hydrogen) atoms. The molecule has 0 amide bonds. The van der Waals surface area contributed by atoms with Crippen molar-refractivity contribution in [2.75, 3.05) is 32.2 Å². The topological polar surface area (TPSA) is 315 Å². The molecule has 0 radical (unpaired) electrons. The van der Waals surface area contributed by atoms with Crippen LogP contribution in [0.1, 0.15) is 6.92 Å². The Hall–Kier alpha value is -0.730. The highest BCUT2D eigenvalue weighted by molar-refractivity contribution is 7.85. The van der Waals surface area contributed by atoms with Gasteiger partial charge in [0.2, 0.25) is 5.79 Å². The number of rotatable bonds is 11. The first-order valence-corrected chi connectivity index (χ1v) is 14.1. The second kappa shape index (κ2) is 13.9. The molecule has 3 aliphatic heterocycles. The number of hydrogen-bond acceptors (Lipinski definition) is 19. The van der Waals surface area contributed by atoms with E-state index in [1.165, 1.54) is 6.92 Å². The molecule has 0 bridgehead atoms. The average molecular weight is 626 g/mol. The van der Waals surface area contributed by atoms with Crippen molar-refractivity contribution in [3.63, 3.8) is 0 Å². The largest absolute Gasteiger partial charge is 0.748 e. The van der Waals surface area contributed by atoms with E-state index in [2.05, 4.69) is 0 Å². The van der Waals surface area contributed by atoms with Gasteiger partial charge in [0, 0.05) is 0 Å². The van der Waals surface area contributed by atoms with E-state index in [4.69, 9.17) is 28.4 Å². The van der Waals surface area contributed by atoms with Gasteiger partial charge < -0.3 is 84.0 Å². The molecule has 3 rings (SSSR count). The summed E-state index contributed by atoms with van der Waals surface area (Å²) in [4.78, 5) is 0. The fraction of sp³-hybridized carbons (Fsp3) is 1.00. The highest BCUT2D eigenvalue weighted by Crippen LogP contribution is 2.37.